The van der Waals surface area contributed by atoms with Crippen LogP contribution in [0, 0.1) is 0 Å². The third-order valence-corrected chi connectivity index (χ3v) is 7.77. The molecule has 0 bridgehead atoms. The van der Waals surface area contributed by atoms with Crippen molar-refractivity contribution in [3.63, 3.8) is 0 Å². The molecule has 2 aromatic rings. The van der Waals surface area contributed by atoms with Gasteiger partial charge >= 0.3 is 6.03 Å². The van der Waals surface area contributed by atoms with E-state index in [1.54, 1.807) is 11.5 Å². The molecule has 3 aliphatic rings. The smallest absolute Gasteiger partial charge is 0.326 e. The molecule has 1 aromatic heterocycles. The molecule has 8 heteroatoms. The minimum absolute atomic E-state index is 0.0252. The largest absolute Gasteiger partial charge is 0.353 e. The number of amides is 3. The summed E-state index contributed by atoms with van der Waals surface area (Å²) in [5.41, 5.74) is 0. The number of hydrogen-bond donors (Lipinski definition) is 0. The molecule has 31 heavy (non-hydrogen) atoms. The summed E-state index contributed by atoms with van der Waals surface area (Å²) in [7, 11) is 0. The first kappa shape index (κ1) is 20.7. The van der Waals surface area contributed by atoms with Crippen LogP contribution in [0.1, 0.15) is 38.5 Å². The Hall–Kier alpha value is -2.19. The molecule has 1 atom stereocenters. The van der Waals surface area contributed by atoms with E-state index in [0.717, 1.165) is 77.2 Å². The number of carbonyl (C=O) groups excluding carboxylic acids is 2. The topological polar surface area (TPSA) is 60.0 Å². The van der Waals surface area contributed by atoms with Crippen LogP contribution in [-0.2, 0) is 4.79 Å². The zero-order valence-electron chi connectivity index (χ0n) is 18.0. The number of unbranched alkanes of at least 4 members (excludes halogenated alkanes) is 1. The molecule has 0 saturated carbocycles. The van der Waals surface area contributed by atoms with Crippen molar-refractivity contribution in [1.29, 1.82) is 0 Å². The number of nitrogens with zero attached hydrogens (tertiary/aromatic N) is 5. The first-order chi connectivity index (χ1) is 15.2. The van der Waals surface area contributed by atoms with E-state index in [2.05, 4.69) is 38.4 Å². The second-order valence-corrected chi connectivity index (χ2v) is 9.72. The lowest BCUT2D eigenvalue weighted by molar-refractivity contribution is -0.133. The molecular weight excluding hydrogens is 410 g/mol. The van der Waals surface area contributed by atoms with E-state index < -0.39 is 0 Å². The maximum Gasteiger partial charge on any atom is 0.326 e. The van der Waals surface area contributed by atoms with Gasteiger partial charge in [0.1, 0.15) is 5.82 Å². The maximum absolute atomic E-state index is 12.7. The Morgan fingerprint density at radius 2 is 1.77 bits per heavy atom. The summed E-state index contributed by atoms with van der Waals surface area (Å²) in [5.74, 6) is 1.15. The number of hydrogen-bond acceptors (Lipinski definition) is 6. The van der Waals surface area contributed by atoms with Crippen LogP contribution in [0.4, 0.5) is 10.6 Å². The zero-order chi connectivity index (χ0) is 21.2. The highest BCUT2D eigenvalue weighted by Gasteiger charge is 2.39. The zero-order valence-corrected chi connectivity index (χ0v) is 18.9. The summed E-state index contributed by atoms with van der Waals surface area (Å²) in [6.45, 7) is 6.44. The van der Waals surface area contributed by atoms with Crippen molar-refractivity contribution in [3.05, 3.63) is 24.3 Å². The molecule has 3 fully saturated rings. The number of benzene rings is 1. The number of fused-ring (bicyclic) bond motifs is 2. The molecule has 4 heterocycles. The first-order valence-corrected chi connectivity index (χ1v) is 12.4. The maximum atomic E-state index is 12.7. The Balaban J connectivity index is 1.06. The van der Waals surface area contributed by atoms with E-state index in [0.29, 0.717) is 13.0 Å². The van der Waals surface area contributed by atoms with Crippen LogP contribution in [0.3, 0.4) is 0 Å². The van der Waals surface area contributed by atoms with Gasteiger partial charge in [0.05, 0.1) is 4.70 Å². The fourth-order valence-electron chi connectivity index (χ4n) is 5.15. The summed E-state index contributed by atoms with van der Waals surface area (Å²) in [6.07, 6.45) is 5.58. The van der Waals surface area contributed by atoms with E-state index in [9.17, 15) is 9.59 Å². The van der Waals surface area contributed by atoms with E-state index in [1.165, 1.54) is 15.0 Å². The number of aromatic nitrogens is 1. The van der Waals surface area contributed by atoms with Crippen molar-refractivity contribution in [3.8, 4) is 0 Å². The minimum atomic E-state index is -0.0509. The number of rotatable bonds is 6. The normalized spacial score (nSPS) is 23.0. The molecular formula is C23H31N5O2S. The number of imide groups is 1. The molecule has 3 amide bonds. The molecule has 7 nitrogen and oxygen atoms in total. The average Bonchev–Trinajstić information content (AvgIpc) is 3.23. The molecule has 0 aliphatic carbocycles. The Morgan fingerprint density at radius 3 is 2.65 bits per heavy atom. The van der Waals surface area contributed by atoms with E-state index in [4.69, 9.17) is 0 Å². The Morgan fingerprint density at radius 1 is 0.968 bits per heavy atom. The van der Waals surface area contributed by atoms with Gasteiger partial charge < -0.3 is 9.80 Å². The van der Waals surface area contributed by atoms with Crippen LogP contribution < -0.4 is 4.90 Å². The van der Waals surface area contributed by atoms with E-state index >= 15 is 0 Å². The van der Waals surface area contributed by atoms with Crippen molar-refractivity contribution in [2.45, 2.75) is 44.6 Å². The van der Waals surface area contributed by atoms with Gasteiger partial charge in [0, 0.05) is 57.1 Å². The standard InChI is InChI=1S/C23H31N5O2S/c29-21-17-18-7-3-4-11-27(18)23(30)28(21)12-6-5-10-25-13-15-26(16-14-25)22-19-8-1-2-9-20(19)31-24-22/h1-2,8-9,18H,3-7,10-17H2/t18-/m0/s1. The summed E-state index contributed by atoms with van der Waals surface area (Å²) >= 11 is 1.58. The highest BCUT2D eigenvalue weighted by Crippen LogP contribution is 2.30. The van der Waals surface area contributed by atoms with E-state index in [1.807, 2.05) is 4.90 Å². The second kappa shape index (κ2) is 9.12. The molecule has 0 unspecified atom stereocenters. The van der Waals surface area contributed by atoms with Gasteiger partial charge in [0.15, 0.2) is 0 Å². The third kappa shape index (κ3) is 4.28. The molecule has 5 rings (SSSR count). The Bertz CT molecular complexity index is 939. The summed E-state index contributed by atoms with van der Waals surface area (Å²) < 4.78 is 5.94. The molecule has 166 valence electrons. The third-order valence-electron chi connectivity index (χ3n) is 6.95. The Kier molecular flexibility index (Phi) is 6.09. The molecule has 0 spiro atoms. The van der Waals surface area contributed by atoms with E-state index in [-0.39, 0.29) is 18.0 Å². The first-order valence-electron chi connectivity index (χ1n) is 11.6. The number of urea groups is 1. The van der Waals surface area contributed by atoms with Crippen molar-refractivity contribution in [2.24, 2.45) is 0 Å². The predicted octanol–water partition coefficient (Wildman–Crippen LogP) is 3.41. The number of carbonyl (C=O) groups is 2. The highest BCUT2D eigenvalue weighted by atomic mass is 32.1. The summed E-state index contributed by atoms with van der Waals surface area (Å²) in [5, 5.41) is 1.26. The fourth-order valence-corrected chi connectivity index (χ4v) is 5.94. The van der Waals surface area contributed by atoms with Crippen molar-refractivity contribution < 1.29 is 9.59 Å². The van der Waals surface area contributed by atoms with Gasteiger partial charge in [-0.2, -0.15) is 4.37 Å². The highest BCUT2D eigenvalue weighted by molar-refractivity contribution is 7.13. The Labute approximate surface area is 187 Å². The molecule has 3 saturated heterocycles. The molecule has 1 aromatic carbocycles. The number of anilines is 1. The second-order valence-electron chi connectivity index (χ2n) is 8.91. The summed E-state index contributed by atoms with van der Waals surface area (Å²) in [6, 6.07) is 8.55. The minimum Gasteiger partial charge on any atom is -0.353 e. The quantitative estimate of drug-likeness (QED) is 0.643. The van der Waals surface area contributed by atoms with Gasteiger partial charge in [-0.15, -0.1) is 0 Å². The number of piperidine rings is 1. The molecule has 0 N–H and O–H groups in total. The van der Waals surface area contributed by atoms with Crippen LogP contribution in [-0.4, -0.2) is 82.9 Å². The number of piperazine rings is 1. The van der Waals surface area contributed by atoms with Crippen molar-refractivity contribution in [2.75, 3.05) is 50.7 Å². The van der Waals surface area contributed by atoms with Crippen molar-refractivity contribution in [1.82, 2.24) is 19.1 Å². The average molecular weight is 442 g/mol. The summed E-state index contributed by atoms with van der Waals surface area (Å²) in [4.78, 5) is 33.5. The van der Waals surface area contributed by atoms with Crippen molar-refractivity contribution >= 4 is 39.4 Å². The van der Waals surface area contributed by atoms with Gasteiger partial charge in [-0.05, 0) is 62.3 Å². The lowest BCUT2D eigenvalue weighted by Gasteiger charge is -2.42. The van der Waals surface area contributed by atoms with Gasteiger partial charge in [-0.1, -0.05) is 12.1 Å². The fraction of sp³-hybridized carbons (Fsp3) is 0.609. The van der Waals surface area contributed by atoms with Crippen LogP contribution in [0.5, 0.6) is 0 Å². The van der Waals surface area contributed by atoms with Gasteiger partial charge in [-0.3, -0.25) is 14.6 Å². The van der Waals surface area contributed by atoms with Gasteiger partial charge in [0.25, 0.3) is 0 Å². The molecule has 3 aliphatic heterocycles. The lowest BCUT2D eigenvalue weighted by atomic mass is 9.97. The monoisotopic (exact) mass is 441 g/mol. The van der Waals surface area contributed by atoms with Gasteiger partial charge in [-0.25, -0.2) is 4.79 Å². The molecule has 0 radical (unpaired) electrons. The van der Waals surface area contributed by atoms with Crippen LogP contribution in [0.15, 0.2) is 24.3 Å². The van der Waals surface area contributed by atoms with Crippen LogP contribution >= 0.6 is 11.5 Å². The van der Waals surface area contributed by atoms with Gasteiger partial charge in [0.2, 0.25) is 5.91 Å². The van der Waals surface area contributed by atoms with Crippen LogP contribution in [0.25, 0.3) is 10.1 Å². The lowest BCUT2D eigenvalue weighted by Crippen LogP contribution is -2.58. The van der Waals surface area contributed by atoms with Crippen LogP contribution in [0.2, 0.25) is 0 Å². The predicted molar refractivity (Wildman–Crippen MR) is 124 cm³/mol. The SMILES string of the molecule is O=C1C[C@@H]2CCCCN2C(=O)N1CCCCN1CCN(c2nsc3ccccc23)CC1.